The van der Waals surface area contributed by atoms with Gasteiger partial charge in [-0.25, -0.2) is 4.79 Å². The van der Waals surface area contributed by atoms with Gasteiger partial charge >= 0.3 is 6.09 Å². The topological polar surface area (TPSA) is 55.6 Å². The zero-order chi connectivity index (χ0) is 16.8. The van der Waals surface area contributed by atoms with Gasteiger partial charge in [-0.15, -0.1) is 0 Å². The molecular weight excluding hydrogens is 312 g/mol. The summed E-state index contributed by atoms with van der Waals surface area (Å²) in [6, 6.07) is 6.04. The maximum absolute atomic E-state index is 12.2. The Bertz CT molecular complexity index is 616. The van der Waals surface area contributed by atoms with Gasteiger partial charge in [0.2, 0.25) is 0 Å². The Morgan fingerprint density at radius 2 is 2.00 bits per heavy atom. The summed E-state index contributed by atoms with van der Waals surface area (Å²) in [5.41, 5.74) is 8.26. The summed E-state index contributed by atoms with van der Waals surface area (Å²) in [5, 5.41) is 0.807. The van der Waals surface area contributed by atoms with Gasteiger partial charge in [-0.1, -0.05) is 23.7 Å². The summed E-state index contributed by atoms with van der Waals surface area (Å²) < 4.78 is 5.48. The summed E-state index contributed by atoms with van der Waals surface area (Å²) in [5.74, 6) is 0. The number of halogens is 1. The molecule has 1 heterocycles. The fourth-order valence-corrected chi connectivity index (χ4v) is 4.32. The van der Waals surface area contributed by atoms with Crippen LogP contribution in [0.5, 0.6) is 0 Å². The smallest absolute Gasteiger partial charge is 0.410 e. The first-order valence-corrected chi connectivity index (χ1v) is 8.62. The van der Waals surface area contributed by atoms with Crippen molar-refractivity contribution in [1.29, 1.82) is 0 Å². The van der Waals surface area contributed by atoms with Gasteiger partial charge in [-0.2, -0.15) is 0 Å². The van der Waals surface area contributed by atoms with Gasteiger partial charge in [0.25, 0.3) is 0 Å². The Morgan fingerprint density at radius 3 is 2.61 bits per heavy atom. The van der Waals surface area contributed by atoms with Crippen molar-refractivity contribution in [3.63, 3.8) is 0 Å². The molecule has 1 aliphatic heterocycles. The molecule has 1 aromatic rings. The van der Waals surface area contributed by atoms with E-state index in [-0.39, 0.29) is 17.6 Å². The fraction of sp³-hybridized carbons (Fsp3) is 0.611. The van der Waals surface area contributed by atoms with Crippen LogP contribution >= 0.6 is 11.6 Å². The Labute approximate surface area is 142 Å². The molecule has 2 aliphatic rings. The number of amides is 1. The van der Waals surface area contributed by atoms with Crippen LogP contribution in [0.1, 0.15) is 57.2 Å². The average Bonchev–Trinajstić information content (AvgIpc) is 2.72. The number of hydrogen-bond acceptors (Lipinski definition) is 3. The number of carbonyl (C=O) groups is 1. The molecule has 1 fully saturated rings. The number of nitrogens with two attached hydrogens (primary N) is 1. The first kappa shape index (κ1) is 16.6. The minimum absolute atomic E-state index is 0.00556. The maximum Gasteiger partial charge on any atom is 0.410 e. The van der Waals surface area contributed by atoms with E-state index in [9.17, 15) is 4.79 Å². The van der Waals surface area contributed by atoms with E-state index in [1.165, 1.54) is 11.1 Å². The molecule has 1 aromatic carbocycles. The molecular formula is C18H25ClN2O2. The highest BCUT2D eigenvalue weighted by Gasteiger charge is 2.46. The van der Waals surface area contributed by atoms with Gasteiger partial charge < -0.3 is 15.4 Å². The highest BCUT2D eigenvalue weighted by atomic mass is 35.5. The molecule has 2 N–H and O–H groups in total. The van der Waals surface area contributed by atoms with Crippen molar-refractivity contribution >= 4 is 17.7 Å². The first-order valence-electron chi connectivity index (χ1n) is 8.24. The van der Waals surface area contributed by atoms with E-state index in [0.29, 0.717) is 13.1 Å². The normalized spacial score (nSPS) is 23.0. The number of carbonyl (C=O) groups excluding carboxylic acids is 1. The lowest BCUT2D eigenvalue weighted by molar-refractivity contribution is 0.0162. The third-order valence-corrected chi connectivity index (χ3v) is 5.27. The van der Waals surface area contributed by atoms with Crippen molar-refractivity contribution in [3.8, 4) is 0 Å². The van der Waals surface area contributed by atoms with Crippen molar-refractivity contribution in [1.82, 2.24) is 4.90 Å². The number of likely N-dealkylation sites (tertiary alicyclic amines) is 1. The van der Waals surface area contributed by atoms with Crippen LogP contribution in [0.2, 0.25) is 5.02 Å². The van der Waals surface area contributed by atoms with Crippen molar-refractivity contribution in [3.05, 3.63) is 34.3 Å². The number of ether oxygens (including phenoxy) is 1. The van der Waals surface area contributed by atoms with Gasteiger partial charge in [0.15, 0.2) is 0 Å². The lowest BCUT2D eigenvalue weighted by Crippen LogP contribution is -2.46. The van der Waals surface area contributed by atoms with Gasteiger partial charge in [0.1, 0.15) is 5.60 Å². The van der Waals surface area contributed by atoms with E-state index in [1.54, 1.807) is 4.90 Å². The van der Waals surface area contributed by atoms with Crippen molar-refractivity contribution in [2.45, 2.75) is 57.1 Å². The fourth-order valence-electron chi connectivity index (χ4n) is 3.94. The van der Waals surface area contributed by atoms with Gasteiger partial charge in [0, 0.05) is 29.6 Å². The van der Waals surface area contributed by atoms with Crippen LogP contribution in [-0.4, -0.2) is 29.7 Å². The van der Waals surface area contributed by atoms with Crippen LogP contribution in [0.15, 0.2) is 18.2 Å². The van der Waals surface area contributed by atoms with E-state index in [4.69, 9.17) is 22.1 Å². The average molecular weight is 337 g/mol. The lowest BCUT2D eigenvalue weighted by atomic mass is 9.73. The van der Waals surface area contributed by atoms with Crippen molar-refractivity contribution < 1.29 is 9.53 Å². The van der Waals surface area contributed by atoms with Crippen LogP contribution in [0.4, 0.5) is 4.79 Å². The van der Waals surface area contributed by atoms with Crippen LogP contribution in [0.3, 0.4) is 0 Å². The van der Waals surface area contributed by atoms with Crippen LogP contribution < -0.4 is 5.73 Å². The standard InChI is InChI=1S/C18H25ClN2O2/c1-17(2,3)23-16(22)21-9-7-18(8-10-21)11-14(20)12-5-4-6-13(19)15(12)18/h4-6,14H,7-11,20H2,1-3H3. The summed E-state index contributed by atoms with van der Waals surface area (Å²) in [7, 11) is 0. The number of rotatable bonds is 0. The monoisotopic (exact) mass is 336 g/mol. The molecule has 0 bridgehead atoms. The molecule has 1 saturated heterocycles. The SMILES string of the molecule is CC(C)(C)OC(=O)N1CCC2(CC1)CC(N)c1cccc(Cl)c12. The molecule has 1 atom stereocenters. The molecule has 0 aromatic heterocycles. The summed E-state index contributed by atoms with van der Waals surface area (Å²) >= 11 is 6.48. The van der Waals surface area contributed by atoms with Crippen LogP contribution in [0.25, 0.3) is 0 Å². The maximum atomic E-state index is 12.2. The second-order valence-corrected chi connectivity index (χ2v) is 8.17. The molecule has 3 rings (SSSR count). The largest absolute Gasteiger partial charge is 0.444 e. The van der Waals surface area contributed by atoms with Gasteiger partial charge in [-0.3, -0.25) is 0 Å². The molecule has 5 heteroatoms. The van der Waals surface area contributed by atoms with E-state index < -0.39 is 5.60 Å². The zero-order valence-electron chi connectivity index (χ0n) is 14.1. The van der Waals surface area contributed by atoms with Crippen LogP contribution in [0, 0.1) is 0 Å². The number of piperidine rings is 1. The Morgan fingerprint density at radius 1 is 1.35 bits per heavy atom. The predicted octanol–water partition coefficient (Wildman–Crippen LogP) is 4.01. The van der Waals surface area contributed by atoms with Crippen LogP contribution in [-0.2, 0) is 10.2 Å². The Hall–Kier alpha value is -1.26. The minimum Gasteiger partial charge on any atom is -0.444 e. The predicted molar refractivity (Wildman–Crippen MR) is 91.7 cm³/mol. The molecule has 23 heavy (non-hydrogen) atoms. The quantitative estimate of drug-likeness (QED) is 0.778. The molecule has 1 unspecified atom stereocenters. The van der Waals surface area contributed by atoms with Gasteiger partial charge in [0.05, 0.1) is 0 Å². The van der Waals surface area contributed by atoms with E-state index in [0.717, 1.165) is 24.3 Å². The molecule has 4 nitrogen and oxygen atoms in total. The second kappa shape index (κ2) is 5.67. The molecule has 0 saturated carbocycles. The minimum atomic E-state index is -0.460. The van der Waals surface area contributed by atoms with Gasteiger partial charge in [-0.05, 0) is 57.2 Å². The third-order valence-electron chi connectivity index (χ3n) is 4.96. The van der Waals surface area contributed by atoms with E-state index in [1.807, 2.05) is 32.9 Å². The number of fused-ring (bicyclic) bond motifs is 2. The van der Waals surface area contributed by atoms with E-state index >= 15 is 0 Å². The second-order valence-electron chi connectivity index (χ2n) is 7.76. The molecule has 1 spiro atoms. The number of hydrogen-bond donors (Lipinski definition) is 1. The highest BCUT2D eigenvalue weighted by Crippen LogP contribution is 2.52. The summed E-state index contributed by atoms with van der Waals surface area (Å²) in [6.07, 6.45) is 2.45. The molecule has 126 valence electrons. The lowest BCUT2D eigenvalue weighted by Gasteiger charge is -2.40. The molecule has 1 aliphatic carbocycles. The van der Waals surface area contributed by atoms with Crippen molar-refractivity contribution in [2.24, 2.45) is 5.73 Å². The third kappa shape index (κ3) is 3.07. The Balaban J connectivity index is 1.77. The Kier molecular flexibility index (Phi) is 4.09. The highest BCUT2D eigenvalue weighted by molar-refractivity contribution is 6.31. The number of benzene rings is 1. The zero-order valence-corrected chi connectivity index (χ0v) is 14.8. The first-order chi connectivity index (χ1) is 10.7. The summed E-state index contributed by atoms with van der Waals surface area (Å²) in [4.78, 5) is 14.0. The van der Waals surface area contributed by atoms with Crippen molar-refractivity contribution in [2.75, 3.05) is 13.1 Å². The number of nitrogens with zero attached hydrogens (tertiary/aromatic N) is 1. The molecule has 0 radical (unpaired) electrons. The summed E-state index contributed by atoms with van der Waals surface area (Å²) in [6.45, 7) is 7.05. The van der Waals surface area contributed by atoms with E-state index in [2.05, 4.69) is 6.07 Å². The molecule has 1 amide bonds.